The minimum absolute atomic E-state index is 0.109. The molecular weight excluding hydrogens is 258 g/mol. The van der Waals surface area contributed by atoms with E-state index in [1.165, 1.54) is 0 Å². The summed E-state index contributed by atoms with van der Waals surface area (Å²) in [4.78, 5) is 26.6. The van der Waals surface area contributed by atoms with Crippen LogP contribution in [0.3, 0.4) is 0 Å². The van der Waals surface area contributed by atoms with Crippen molar-refractivity contribution in [2.24, 2.45) is 0 Å². The van der Waals surface area contributed by atoms with E-state index >= 15 is 0 Å². The van der Waals surface area contributed by atoms with Gasteiger partial charge in [0, 0.05) is 33.2 Å². The number of carbonyl (C=O) groups is 2. The fourth-order valence-electron chi connectivity index (χ4n) is 2.06. The Kier molecular flexibility index (Phi) is 4.81. The van der Waals surface area contributed by atoms with Crippen molar-refractivity contribution in [2.75, 3.05) is 33.2 Å². The smallest absolute Gasteiger partial charge is 0.410 e. The monoisotopic (exact) mass is 277 g/mol. The second kappa shape index (κ2) is 6.79. The van der Waals surface area contributed by atoms with Gasteiger partial charge in [-0.1, -0.05) is 30.3 Å². The van der Waals surface area contributed by atoms with Crippen LogP contribution in [0.5, 0.6) is 0 Å². The van der Waals surface area contributed by atoms with Gasteiger partial charge in [-0.05, 0) is 5.56 Å². The molecule has 0 atom stereocenters. The fraction of sp³-hybridized carbons (Fsp3) is 0.429. The van der Waals surface area contributed by atoms with Gasteiger partial charge in [0.15, 0.2) is 0 Å². The number of benzene rings is 1. The highest BCUT2D eigenvalue weighted by atomic mass is 16.6. The number of nitrogens with one attached hydrogen (secondary N) is 1. The number of hydrogen-bond acceptors (Lipinski definition) is 3. The van der Waals surface area contributed by atoms with Crippen molar-refractivity contribution < 1.29 is 14.3 Å². The van der Waals surface area contributed by atoms with Gasteiger partial charge in [0.25, 0.3) is 0 Å². The molecule has 2 rings (SSSR count). The first-order valence-corrected chi connectivity index (χ1v) is 6.63. The van der Waals surface area contributed by atoms with Crippen LogP contribution in [-0.4, -0.2) is 55.2 Å². The van der Waals surface area contributed by atoms with E-state index < -0.39 is 0 Å². The topological polar surface area (TPSA) is 61.9 Å². The van der Waals surface area contributed by atoms with E-state index in [4.69, 9.17) is 4.74 Å². The number of ether oxygens (including phenoxy) is 1. The molecule has 0 unspecified atom stereocenters. The van der Waals surface area contributed by atoms with Gasteiger partial charge in [-0.15, -0.1) is 0 Å². The van der Waals surface area contributed by atoms with Crippen LogP contribution >= 0.6 is 0 Å². The molecule has 6 nitrogen and oxygen atoms in total. The van der Waals surface area contributed by atoms with Crippen molar-refractivity contribution in [3.8, 4) is 0 Å². The molecule has 0 saturated carbocycles. The van der Waals surface area contributed by atoms with Gasteiger partial charge >= 0.3 is 12.1 Å². The molecule has 3 amide bonds. The van der Waals surface area contributed by atoms with Gasteiger partial charge in [0.2, 0.25) is 0 Å². The Morgan fingerprint density at radius 1 is 1.10 bits per heavy atom. The van der Waals surface area contributed by atoms with Crippen LogP contribution in [0.2, 0.25) is 0 Å². The van der Waals surface area contributed by atoms with Gasteiger partial charge in [0.05, 0.1) is 0 Å². The molecule has 0 bridgehead atoms. The van der Waals surface area contributed by atoms with Gasteiger partial charge in [-0.3, -0.25) is 0 Å². The molecule has 1 aliphatic heterocycles. The molecule has 0 spiro atoms. The Balaban J connectivity index is 1.76. The highest BCUT2D eigenvalue weighted by Gasteiger charge is 2.24. The lowest BCUT2D eigenvalue weighted by molar-refractivity contribution is 0.0771. The number of rotatable bonds is 2. The molecule has 1 heterocycles. The van der Waals surface area contributed by atoms with Gasteiger partial charge in [-0.2, -0.15) is 0 Å². The van der Waals surface area contributed by atoms with Crippen LogP contribution in [0.25, 0.3) is 0 Å². The largest absolute Gasteiger partial charge is 0.445 e. The summed E-state index contributed by atoms with van der Waals surface area (Å²) in [5.41, 5.74) is 0.963. The third kappa shape index (κ3) is 3.63. The molecule has 1 N–H and O–H groups in total. The Labute approximate surface area is 118 Å². The van der Waals surface area contributed by atoms with Gasteiger partial charge in [0.1, 0.15) is 6.61 Å². The number of carbonyl (C=O) groups excluding carboxylic acids is 2. The molecule has 108 valence electrons. The Bertz CT molecular complexity index is 456. The molecule has 20 heavy (non-hydrogen) atoms. The van der Waals surface area contributed by atoms with E-state index in [-0.39, 0.29) is 18.7 Å². The summed E-state index contributed by atoms with van der Waals surface area (Å²) in [5.74, 6) is 0. The zero-order chi connectivity index (χ0) is 14.4. The maximum absolute atomic E-state index is 11.9. The maximum Gasteiger partial charge on any atom is 0.410 e. The van der Waals surface area contributed by atoms with Crippen LogP contribution in [0.1, 0.15) is 5.56 Å². The Morgan fingerprint density at radius 3 is 2.30 bits per heavy atom. The lowest BCUT2D eigenvalue weighted by Gasteiger charge is -2.33. The summed E-state index contributed by atoms with van der Waals surface area (Å²) < 4.78 is 5.26. The standard InChI is InChI=1S/C14H19N3O3/c1-15-13(18)16-7-9-17(10-8-16)14(19)20-11-12-5-3-2-4-6-12/h2-6H,7-11H2,1H3,(H,15,18). The zero-order valence-electron chi connectivity index (χ0n) is 11.5. The first kappa shape index (κ1) is 14.2. The quantitative estimate of drug-likeness (QED) is 0.885. The second-order valence-electron chi connectivity index (χ2n) is 4.57. The van der Waals surface area contributed by atoms with Crippen LogP contribution < -0.4 is 5.32 Å². The van der Waals surface area contributed by atoms with Crippen molar-refractivity contribution in [3.63, 3.8) is 0 Å². The third-order valence-electron chi connectivity index (χ3n) is 3.24. The molecule has 0 radical (unpaired) electrons. The fourth-order valence-corrected chi connectivity index (χ4v) is 2.06. The number of piperazine rings is 1. The van der Waals surface area contributed by atoms with E-state index in [0.717, 1.165) is 5.56 Å². The molecule has 1 aliphatic rings. The molecule has 1 aromatic rings. The molecular formula is C14H19N3O3. The van der Waals surface area contributed by atoms with Crippen LogP contribution in [0.15, 0.2) is 30.3 Å². The zero-order valence-corrected chi connectivity index (χ0v) is 11.5. The highest BCUT2D eigenvalue weighted by molar-refractivity contribution is 5.74. The van der Waals surface area contributed by atoms with E-state index in [2.05, 4.69) is 5.32 Å². The van der Waals surface area contributed by atoms with Crippen molar-refractivity contribution in [1.29, 1.82) is 0 Å². The summed E-state index contributed by atoms with van der Waals surface area (Å²) in [6.45, 7) is 2.33. The Hall–Kier alpha value is -2.24. The molecule has 1 aromatic carbocycles. The summed E-state index contributed by atoms with van der Waals surface area (Å²) >= 11 is 0. The summed E-state index contributed by atoms with van der Waals surface area (Å²) in [6.07, 6.45) is -0.328. The molecule has 0 aliphatic carbocycles. The summed E-state index contributed by atoms with van der Waals surface area (Å²) in [7, 11) is 1.60. The third-order valence-corrected chi connectivity index (χ3v) is 3.24. The van der Waals surface area contributed by atoms with Crippen LogP contribution in [0, 0.1) is 0 Å². The van der Waals surface area contributed by atoms with E-state index in [1.807, 2.05) is 30.3 Å². The average molecular weight is 277 g/mol. The Morgan fingerprint density at radius 2 is 1.70 bits per heavy atom. The van der Waals surface area contributed by atoms with Crippen molar-refractivity contribution >= 4 is 12.1 Å². The average Bonchev–Trinajstić information content (AvgIpc) is 2.53. The highest BCUT2D eigenvalue weighted by Crippen LogP contribution is 2.07. The number of urea groups is 1. The van der Waals surface area contributed by atoms with E-state index in [0.29, 0.717) is 26.2 Å². The number of amides is 3. The predicted molar refractivity (Wildman–Crippen MR) is 74.2 cm³/mol. The van der Waals surface area contributed by atoms with Crippen molar-refractivity contribution in [3.05, 3.63) is 35.9 Å². The SMILES string of the molecule is CNC(=O)N1CCN(C(=O)OCc2ccccc2)CC1. The van der Waals surface area contributed by atoms with E-state index in [9.17, 15) is 9.59 Å². The summed E-state index contributed by atoms with van der Waals surface area (Å²) in [6, 6.07) is 9.45. The first-order valence-electron chi connectivity index (χ1n) is 6.63. The molecule has 1 fully saturated rings. The van der Waals surface area contributed by atoms with Gasteiger partial charge < -0.3 is 19.9 Å². The lowest BCUT2D eigenvalue weighted by Crippen LogP contribution is -2.52. The van der Waals surface area contributed by atoms with Crippen molar-refractivity contribution in [1.82, 2.24) is 15.1 Å². The predicted octanol–water partition coefficient (Wildman–Crippen LogP) is 1.28. The minimum Gasteiger partial charge on any atom is -0.445 e. The number of nitrogens with zero attached hydrogens (tertiary/aromatic N) is 2. The summed E-state index contributed by atoms with van der Waals surface area (Å²) in [5, 5.41) is 2.58. The molecule has 0 aromatic heterocycles. The number of hydrogen-bond donors (Lipinski definition) is 1. The first-order chi connectivity index (χ1) is 9.70. The minimum atomic E-state index is -0.328. The lowest BCUT2D eigenvalue weighted by atomic mass is 10.2. The van der Waals surface area contributed by atoms with Crippen molar-refractivity contribution in [2.45, 2.75) is 6.61 Å². The van der Waals surface area contributed by atoms with Crippen LogP contribution in [-0.2, 0) is 11.3 Å². The maximum atomic E-state index is 11.9. The van der Waals surface area contributed by atoms with E-state index in [1.54, 1.807) is 16.8 Å². The second-order valence-corrected chi connectivity index (χ2v) is 4.57. The van der Waals surface area contributed by atoms with Crippen LogP contribution in [0.4, 0.5) is 9.59 Å². The molecule has 1 saturated heterocycles. The normalized spacial score (nSPS) is 14.8. The van der Waals surface area contributed by atoms with Gasteiger partial charge in [-0.25, -0.2) is 9.59 Å². The molecule has 6 heteroatoms.